The van der Waals surface area contributed by atoms with Gasteiger partial charge in [0, 0.05) is 5.92 Å². The third-order valence-corrected chi connectivity index (χ3v) is 6.27. The van der Waals surface area contributed by atoms with Crippen molar-refractivity contribution in [3.63, 3.8) is 0 Å². The predicted octanol–water partition coefficient (Wildman–Crippen LogP) is 6.31. The fourth-order valence-electron chi connectivity index (χ4n) is 4.46. The maximum atomic E-state index is 2.43. The van der Waals surface area contributed by atoms with E-state index in [1.807, 2.05) is 0 Å². The molecule has 2 aliphatic carbocycles. The third kappa shape index (κ3) is 2.65. The standard InChI is InChI=1S/C23H28/c1-18-12-8-10-16-22(18,3)21(20-14-6-5-7-15-20)23(4)17-11-9-13-19(23)2/h5-19,21H,1-4H3. The molecule has 0 heteroatoms. The number of benzene rings is 1. The summed E-state index contributed by atoms with van der Waals surface area (Å²) in [6.45, 7) is 9.57. The Labute approximate surface area is 141 Å². The van der Waals surface area contributed by atoms with Crippen LogP contribution in [0.4, 0.5) is 0 Å². The van der Waals surface area contributed by atoms with E-state index in [0.29, 0.717) is 17.8 Å². The molecule has 0 fully saturated rings. The van der Waals surface area contributed by atoms with Gasteiger partial charge in [-0.3, -0.25) is 0 Å². The van der Waals surface area contributed by atoms with Gasteiger partial charge in [-0.25, -0.2) is 0 Å². The van der Waals surface area contributed by atoms with Gasteiger partial charge in [0.05, 0.1) is 0 Å². The number of hydrogen-bond acceptors (Lipinski definition) is 0. The molecule has 0 heterocycles. The summed E-state index contributed by atoms with van der Waals surface area (Å²) in [5, 5.41) is 0. The van der Waals surface area contributed by atoms with Gasteiger partial charge < -0.3 is 0 Å². The molecular formula is C23H28. The van der Waals surface area contributed by atoms with Crippen molar-refractivity contribution in [1.29, 1.82) is 0 Å². The summed E-state index contributed by atoms with van der Waals surface area (Å²) in [5.74, 6) is 1.46. The normalized spacial score (nSPS) is 37.0. The Morgan fingerprint density at radius 1 is 0.739 bits per heavy atom. The van der Waals surface area contributed by atoms with Crippen molar-refractivity contribution in [2.75, 3.05) is 0 Å². The van der Waals surface area contributed by atoms with Crippen molar-refractivity contribution in [3.8, 4) is 0 Å². The molecule has 3 rings (SSSR count). The topological polar surface area (TPSA) is 0 Å². The quantitative estimate of drug-likeness (QED) is 0.614. The summed E-state index contributed by atoms with van der Waals surface area (Å²) in [6, 6.07) is 11.1. The Kier molecular flexibility index (Phi) is 4.19. The predicted molar refractivity (Wildman–Crippen MR) is 100 cm³/mol. The van der Waals surface area contributed by atoms with E-state index < -0.39 is 0 Å². The lowest BCUT2D eigenvalue weighted by Gasteiger charge is -2.51. The van der Waals surface area contributed by atoms with Gasteiger partial charge in [0.25, 0.3) is 0 Å². The molecule has 0 bridgehead atoms. The van der Waals surface area contributed by atoms with Gasteiger partial charge in [0.1, 0.15) is 0 Å². The van der Waals surface area contributed by atoms with Crippen LogP contribution < -0.4 is 0 Å². The number of allylic oxidation sites excluding steroid dienone is 8. The van der Waals surface area contributed by atoms with Crippen LogP contribution in [0, 0.1) is 22.7 Å². The van der Waals surface area contributed by atoms with Crippen LogP contribution in [-0.4, -0.2) is 0 Å². The molecule has 0 amide bonds. The molecule has 0 aliphatic heterocycles. The van der Waals surface area contributed by atoms with E-state index in [9.17, 15) is 0 Å². The minimum atomic E-state index is 0.106. The lowest BCUT2D eigenvalue weighted by Crippen LogP contribution is -2.43. The second-order valence-corrected chi connectivity index (χ2v) is 7.64. The van der Waals surface area contributed by atoms with Crippen LogP contribution in [0.5, 0.6) is 0 Å². The van der Waals surface area contributed by atoms with E-state index in [-0.39, 0.29) is 10.8 Å². The van der Waals surface area contributed by atoms with E-state index in [2.05, 4.69) is 107 Å². The van der Waals surface area contributed by atoms with Gasteiger partial charge in [-0.1, -0.05) is 107 Å². The van der Waals surface area contributed by atoms with E-state index in [4.69, 9.17) is 0 Å². The van der Waals surface area contributed by atoms with E-state index >= 15 is 0 Å². The Balaban J connectivity index is 2.16. The largest absolute Gasteiger partial charge is 0.0808 e. The van der Waals surface area contributed by atoms with Crippen molar-refractivity contribution < 1.29 is 0 Å². The van der Waals surface area contributed by atoms with Crippen LogP contribution in [0.3, 0.4) is 0 Å². The van der Waals surface area contributed by atoms with Gasteiger partial charge in [0.2, 0.25) is 0 Å². The van der Waals surface area contributed by atoms with E-state index in [1.165, 1.54) is 5.56 Å². The monoisotopic (exact) mass is 304 g/mol. The molecule has 0 nitrogen and oxygen atoms in total. The SMILES string of the molecule is CC1C=CC=CC1(C)C(c1ccccc1)C1(C)C=CC=CC1C. The lowest BCUT2D eigenvalue weighted by atomic mass is 9.52. The number of rotatable bonds is 3. The molecule has 0 saturated carbocycles. The first-order valence-electron chi connectivity index (χ1n) is 8.75. The second-order valence-electron chi connectivity index (χ2n) is 7.64. The first-order valence-corrected chi connectivity index (χ1v) is 8.75. The lowest BCUT2D eigenvalue weighted by molar-refractivity contribution is 0.123. The average molecular weight is 304 g/mol. The molecule has 0 saturated heterocycles. The van der Waals surface area contributed by atoms with Gasteiger partial charge in [-0.15, -0.1) is 0 Å². The zero-order valence-corrected chi connectivity index (χ0v) is 14.7. The van der Waals surface area contributed by atoms with Crippen LogP contribution in [0.15, 0.2) is 78.9 Å². The molecule has 23 heavy (non-hydrogen) atoms. The molecule has 4 atom stereocenters. The Bertz CT molecular complexity index is 621. The molecule has 1 aromatic carbocycles. The molecule has 120 valence electrons. The molecular weight excluding hydrogens is 276 g/mol. The number of hydrogen-bond donors (Lipinski definition) is 0. The van der Waals surface area contributed by atoms with Crippen LogP contribution in [0.1, 0.15) is 39.2 Å². The van der Waals surface area contributed by atoms with Gasteiger partial charge in [0.15, 0.2) is 0 Å². The molecule has 0 N–H and O–H groups in total. The van der Waals surface area contributed by atoms with Crippen molar-refractivity contribution in [2.45, 2.75) is 33.6 Å². The first-order chi connectivity index (χ1) is 11.0. The smallest absolute Gasteiger partial charge is 0.00265 e. The Hall–Kier alpha value is -1.82. The zero-order chi connectivity index (χ0) is 16.5. The first kappa shape index (κ1) is 16.1. The van der Waals surface area contributed by atoms with Crippen LogP contribution in [0.2, 0.25) is 0 Å². The molecule has 2 aliphatic rings. The Morgan fingerprint density at radius 3 is 1.65 bits per heavy atom. The van der Waals surface area contributed by atoms with Gasteiger partial charge in [-0.2, -0.15) is 0 Å². The summed E-state index contributed by atoms with van der Waals surface area (Å²) >= 11 is 0. The molecule has 0 spiro atoms. The molecule has 0 radical (unpaired) electrons. The van der Waals surface area contributed by atoms with Crippen molar-refractivity contribution >= 4 is 0 Å². The van der Waals surface area contributed by atoms with E-state index in [0.717, 1.165) is 0 Å². The third-order valence-electron chi connectivity index (χ3n) is 6.27. The highest BCUT2D eigenvalue weighted by atomic mass is 14.5. The van der Waals surface area contributed by atoms with Gasteiger partial charge >= 0.3 is 0 Å². The van der Waals surface area contributed by atoms with Crippen LogP contribution in [0.25, 0.3) is 0 Å². The summed E-state index contributed by atoms with van der Waals surface area (Å²) in [5.41, 5.74) is 1.65. The fraction of sp³-hybridized carbons (Fsp3) is 0.391. The fourth-order valence-corrected chi connectivity index (χ4v) is 4.46. The molecule has 4 unspecified atom stereocenters. The minimum absolute atomic E-state index is 0.106. The minimum Gasteiger partial charge on any atom is -0.0808 e. The summed E-state index contributed by atoms with van der Waals surface area (Å²) in [6.07, 6.45) is 18.4. The highest BCUT2D eigenvalue weighted by molar-refractivity contribution is 5.36. The van der Waals surface area contributed by atoms with Gasteiger partial charge in [-0.05, 0) is 28.2 Å². The van der Waals surface area contributed by atoms with Crippen molar-refractivity contribution in [3.05, 3.63) is 84.5 Å². The second kappa shape index (κ2) is 6.00. The zero-order valence-electron chi connectivity index (χ0n) is 14.7. The van der Waals surface area contributed by atoms with Crippen molar-refractivity contribution in [1.82, 2.24) is 0 Å². The average Bonchev–Trinajstić information content (AvgIpc) is 2.55. The highest BCUT2D eigenvalue weighted by Gasteiger charge is 2.49. The van der Waals surface area contributed by atoms with Crippen LogP contribution >= 0.6 is 0 Å². The maximum Gasteiger partial charge on any atom is 0.00265 e. The summed E-state index contributed by atoms with van der Waals surface area (Å²) in [4.78, 5) is 0. The Morgan fingerprint density at radius 2 is 1.22 bits per heavy atom. The molecule has 1 aromatic rings. The molecule has 0 aromatic heterocycles. The summed E-state index contributed by atoms with van der Waals surface area (Å²) < 4.78 is 0. The van der Waals surface area contributed by atoms with Crippen molar-refractivity contribution in [2.24, 2.45) is 22.7 Å². The van der Waals surface area contributed by atoms with E-state index in [1.54, 1.807) is 0 Å². The highest BCUT2D eigenvalue weighted by Crippen LogP contribution is 2.57. The maximum absolute atomic E-state index is 2.43. The van der Waals surface area contributed by atoms with Crippen LogP contribution in [-0.2, 0) is 0 Å². The summed E-state index contributed by atoms with van der Waals surface area (Å²) in [7, 11) is 0.